The van der Waals surface area contributed by atoms with Gasteiger partial charge in [0.25, 0.3) is 0 Å². The number of carbonyl (C=O) groups excluding carboxylic acids is 1. The maximum Gasteiger partial charge on any atom is 0.227 e. The van der Waals surface area contributed by atoms with Gasteiger partial charge in [0.1, 0.15) is 5.82 Å². The first-order valence-corrected chi connectivity index (χ1v) is 8.07. The lowest BCUT2D eigenvalue weighted by Gasteiger charge is -2.40. The van der Waals surface area contributed by atoms with E-state index in [2.05, 4.69) is 21.8 Å². The summed E-state index contributed by atoms with van der Waals surface area (Å²) < 4.78 is 2.04. The molecule has 1 amide bonds. The van der Waals surface area contributed by atoms with Gasteiger partial charge in [0.2, 0.25) is 5.91 Å². The lowest BCUT2D eigenvalue weighted by molar-refractivity contribution is -0.133. The number of likely N-dealkylation sites (N-methyl/N-ethyl adjacent to an activating group) is 1. The van der Waals surface area contributed by atoms with Crippen LogP contribution in [0.4, 0.5) is 0 Å². The van der Waals surface area contributed by atoms with E-state index in [9.17, 15) is 4.79 Å². The van der Waals surface area contributed by atoms with Gasteiger partial charge in [-0.1, -0.05) is 13.0 Å². The van der Waals surface area contributed by atoms with Gasteiger partial charge in [0.15, 0.2) is 0 Å². The number of amides is 1. The SMILES string of the molecule is CCN1CCN(C(=O)Cc2cccnc2)C[C@@H]1c1nccn1C. The van der Waals surface area contributed by atoms with E-state index in [4.69, 9.17) is 0 Å². The Labute approximate surface area is 136 Å². The summed E-state index contributed by atoms with van der Waals surface area (Å²) in [5, 5.41) is 0. The van der Waals surface area contributed by atoms with E-state index in [-0.39, 0.29) is 11.9 Å². The molecule has 6 heteroatoms. The number of carbonyl (C=O) groups is 1. The van der Waals surface area contributed by atoms with Crippen LogP contribution in [0.2, 0.25) is 0 Å². The van der Waals surface area contributed by atoms with Gasteiger partial charge in [-0.25, -0.2) is 4.98 Å². The molecule has 1 aliphatic rings. The maximum atomic E-state index is 12.6. The highest BCUT2D eigenvalue weighted by Crippen LogP contribution is 2.24. The molecule has 3 heterocycles. The van der Waals surface area contributed by atoms with Crippen LogP contribution in [0.5, 0.6) is 0 Å². The zero-order valence-electron chi connectivity index (χ0n) is 13.7. The molecule has 1 saturated heterocycles. The van der Waals surface area contributed by atoms with Gasteiger partial charge in [0.05, 0.1) is 12.5 Å². The van der Waals surface area contributed by atoms with Gasteiger partial charge in [-0.15, -0.1) is 0 Å². The lowest BCUT2D eigenvalue weighted by atomic mass is 10.1. The Hall–Kier alpha value is -2.21. The van der Waals surface area contributed by atoms with E-state index in [1.54, 1.807) is 12.4 Å². The van der Waals surface area contributed by atoms with Crippen molar-refractivity contribution in [3.63, 3.8) is 0 Å². The summed E-state index contributed by atoms with van der Waals surface area (Å²) in [6.07, 6.45) is 7.67. The largest absolute Gasteiger partial charge is 0.339 e. The van der Waals surface area contributed by atoms with Gasteiger partial charge in [-0.05, 0) is 18.2 Å². The predicted molar refractivity (Wildman–Crippen MR) is 87.7 cm³/mol. The molecule has 0 aliphatic carbocycles. The molecule has 0 bridgehead atoms. The number of piperazine rings is 1. The Kier molecular flexibility index (Phi) is 4.71. The zero-order chi connectivity index (χ0) is 16.2. The third kappa shape index (κ3) is 3.42. The Bertz CT molecular complexity index is 654. The third-order valence-electron chi connectivity index (χ3n) is 4.48. The first-order chi connectivity index (χ1) is 11.2. The van der Waals surface area contributed by atoms with E-state index in [0.717, 1.165) is 31.0 Å². The number of hydrogen-bond donors (Lipinski definition) is 0. The van der Waals surface area contributed by atoms with Crippen LogP contribution in [0.1, 0.15) is 24.4 Å². The fraction of sp³-hybridized carbons (Fsp3) is 0.471. The van der Waals surface area contributed by atoms with Crippen molar-refractivity contribution in [1.29, 1.82) is 0 Å². The number of aryl methyl sites for hydroxylation is 1. The first-order valence-electron chi connectivity index (χ1n) is 8.07. The number of imidazole rings is 1. The van der Waals surface area contributed by atoms with E-state index < -0.39 is 0 Å². The average Bonchev–Trinajstić information content (AvgIpc) is 3.01. The highest BCUT2D eigenvalue weighted by atomic mass is 16.2. The average molecular weight is 313 g/mol. The van der Waals surface area contributed by atoms with Crippen LogP contribution >= 0.6 is 0 Å². The second-order valence-corrected chi connectivity index (χ2v) is 5.92. The van der Waals surface area contributed by atoms with Gasteiger partial charge >= 0.3 is 0 Å². The molecular formula is C17H23N5O. The molecule has 0 aromatic carbocycles. The van der Waals surface area contributed by atoms with Gasteiger partial charge < -0.3 is 9.47 Å². The summed E-state index contributed by atoms with van der Waals surface area (Å²) in [6, 6.07) is 3.98. The summed E-state index contributed by atoms with van der Waals surface area (Å²) in [5.41, 5.74) is 0.962. The molecule has 0 N–H and O–H groups in total. The summed E-state index contributed by atoms with van der Waals surface area (Å²) in [6.45, 7) is 5.46. The molecule has 122 valence electrons. The van der Waals surface area contributed by atoms with Crippen molar-refractivity contribution in [1.82, 2.24) is 24.3 Å². The molecule has 23 heavy (non-hydrogen) atoms. The first kappa shape index (κ1) is 15.7. The van der Waals surface area contributed by atoms with Crippen LogP contribution in [0.3, 0.4) is 0 Å². The van der Waals surface area contributed by atoms with Crippen LogP contribution in [0.15, 0.2) is 36.9 Å². The number of aromatic nitrogens is 3. The zero-order valence-corrected chi connectivity index (χ0v) is 13.7. The molecule has 0 spiro atoms. The van der Waals surface area contributed by atoms with Crippen LogP contribution in [-0.4, -0.2) is 56.4 Å². The molecular weight excluding hydrogens is 290 g/mol. The summed E-state index contributed by atoms with van der Waals surface area (Å²) in [7, 11) is 2.01. The number of pyridine rings is 1. The Balaban J connectivity index is 1.72. The molecule has 3 rings (SSSR count). The van der Waals surface area contributed by atoms with Crippen molar-refractivity contribution >= 4 is 5.91 Å². The summed E-state index contributed by atoms with van der Waals surface area (Å²) in [5.74, 6) is 1.18. The lowest BCUT2D eigenvalue weighted by Crippen LogP contribution is -2.51. The standard InChI is InChI=1S/C17H23N5O/c1-3-21-9-10-22(13-15(21)17-19-7-8-20(17)2)16(23)11-14-5-4-6-18-12-14/h4-8,12,15H,3,9-11,13H2,1-2H3/t15-/m1/s1. The van der Waals surface area contributed by atoms with Crippen LogP contribution in [-0.2, 0) is 18.3 Å². The minimum Gasteiger partial charge on any atom is -0.339 e. The second kappa shape index (κ2) is 6.91. The molecule has 2 aromatic rings. The normalized spacial score (nSPS) is 19.0. The van der Waals surface area contributed by atoms with Crippen molar-refractivity contribution < 1.29 is 4.79 Å². The van der Waals surface area contributed by atoms with Crippen LogP contribution in [0, 0.1) is 0 Å². The number of nitrogens with zero attached hydrogens (tertiary/aromatic N) is 5. The quantitative estimate of drug-likeness (QED) is 0.853. The molecule has 0 radical (unpaired) electrons. The van der Waals surface area contributed by atoms with Gasteiger partial charge in [0, 0.05) is 51.5 Å². The van der Waals surface area contributed by atoms with Crippen molar-refractivity contribution in [2.24, 2.45) is 7.05 Å². The minimum absolute atomic E-state index is 0.159. The van der Waals surface area contributed by atoms with Crippen molar-refractivity contribution in [3.8, 4) is 0 Å². The van der Waals surface area contributed by atoms with Gasteiger partial charge in [-0.2, -0.15) is 0 Å². The third-order valence-corrected chi connectivity index (χ3v) is 4.48. The fourth-order valence-corrected chi connectivity index (χ4v) is 3.16. The van der Waals surface area contributed by atoms with E-state index in [0.29, 0.717) is 13.0 Å². The Morgan fingerprint density at radius 1 is 1.35 bits per heavy atom. The van der Waals surface area contributed by atoms with Crippen molar-refractivity contribution in [2.75, 3.05) is 26.2 Å². The molecule has 0 saturated carbocycles. The van der Waals surface area contributed by atoms with Crippen LogP contribution < -0.4 is 0 Å². The highest BCUT2D eigenvalue weighted by molar-refractivity contribution is 5.78. The molecule has 2 aromatic heterocycles. The van der Waals surface area contributed by atoms with E-state index >= 15 is 0 Å². The predicted octanol–water partition coefficient (Wildman–Crippen LogP) is 1.26. The monoisotopic (exact) mass is 313 g/mol. The van der Waals surface area contributed by atoms with E-state index in [1.807, 2.05) is 41.0 Å². The smallest absolute Gasteiger partial charge is 0.227 e. The molecule has 6 nitrogen and oxygen atoms in total. The summed E-state index contributed by atoms with van der Waals surface area (Å²) >= 11 is 0. The van der Waals surface area contributed by atoms with Crippen molar-refractivity contribution in [2.45, 2.75) is 19.4 Å². The topological polar surface area (TPSA) is 54.3 Å². The Morgan fingerprint density at radius 2 is 2.22 bits per heavy atom. The summed E-state index contributed by atoms with van der Waals surface area (Å²) in [4.78, 5) is 25.5. The molecule has 1 aliphatic heterocycles. The molecule has 1 fully saturated rings. The highest BCUT2D eigenvalue weighted by Gasteiger charge is 2.31. The number of hydrogen-bond acceptors (Lipinski definition) is 4. The van der Waals surface area contributed by atoms with E-state index in [1.165, 1.54) is 0 Å². The maximum absolute atomic E-state index is 12.6. The van der Waals surface area contributed by atoms with Crippen LogP contribution in [0.25, 0.3) is 0 Å². The second-order valence-electron chi connectivity index (χ2n) is 5.92. The van der Waals surface area contributed by atoms with Gasteiger partial charge in [-0.3, -0.25) is 14.7 Å². The van der Waals surface area contributed by atoms with Crippen molar-refractivity contribution in [3.05, 3.63) is 48.3 Å². The number of rotatable bonds is 4. The minimum atomic E-state index is 0.159. The molecule has 0 unspecified atom stereocenters. The molecule has 1 atom stereocenters. The fourth-order valence-electron chi connectivity index (χ4n) is 3.16. The Morgan fingerprint density at radius 3 is 2.87 bits per heavy atom.